The second-order valence-electron chi connectivity index (χ2n) is 5.28. The molecule has 0 unspecified atom stereocenters. The molecule has 0 saturated carbocycles. The molecule has 0 N–H and O–H groups in total. The van der Waals surface area contributed by atoms with Gasteiger partial charge in [0.2, 0.25) is 0 Å². The van der Waals surface area contributed by atoms with Crippen LogP contribution in [0.4, 0.5) is 0 Å². The Morgan fingerprint density at radius 2 is 0.525 bits per heavy atom. The molecule has 1 fully saturated rings. The summed E-state index contributed by atoms with van der Waals surface area (Å²) in [4.78, 5) is 45.4. The topological polar surface area (TPSA) is 142 Å². The molecular weight excluding hydrogens is 1000 g/mol. The van der Waals surface area contributed by atoms with Crippen LogP contribution in [0, 0.1) is 0 Å². The standard InChI is InChI=1S/C16H24O12.8ClH.2Sn.2Ti/c17-13-14(18)27-11-7-23-3-4-24-8-12-28-16(20)15(19)26-10-6-22-2-1-21-5-9-25-13;;;;;;;;;;;;/h1-12H2;8*1H;;;;/q;;;;;;;;;4*+2/p-8. The number of carbonyl (C=O) groups is 4. The summed E-state index contributed by atoms with van der Waals surface area (Å²) in [5, 5.41) is 0. The summed E-state index contributed by atoms with van der Waals surface area (Å²) in [6, 6.07) is 0. The van der Waals surface area contributed by atoms with Crippen LogP contribution in [0.2, 0.25) is 0 Å². The van der Waals surface area contributed by atoms with Crippen molar-refractivity contribution in [1.29, 1.82) is 0 Å². The fraction of sp³-hybridized carbons (Fsp3) is 0.750. The fourth-order valence-electron chi connectivity index (χ4n) is 1.65. The molecule has 0 atom stereocenters. The summed E-state index contributed by atoms with van der Waals surface area (Å²) in [5.74, 6) is -4.47. The zero-order chi connectivity index (χ0) is 31.3. The number of halogens is 8. The molecule has 12 nitrogen and oxygen atoms in total. The number of carbonyl (C=O) groups excluding carboxylic acids is 4. The van der Waals surface area contributed by atoms with E-state index in [1.807, 2.05) is 0 Å². The third-order valence-corrected chi connectivity index (χ3v) is 2.92. The van der Waals surface area contributed by atoms with Crippen molar-refractivity contribution in [2.75, 3.05) is 79.3 Å². The van der Waals surface area contributed by atoms with Crippen LogP contribution in [-0.4, -0.2) is 141 Å². The second kappa shape index (κ2) is 46.5. The first-order chi connectivity index (χ1) is 19.3. The summed E-state index contributed by atoms with van der Waals surface area (Å²) < 4.78 is 39.2. The summed E-state index contributed by atoms with van der Waals surface area (Å²) >= 11 is -2.76. The number of ether oxygens (including phenoxy) is 8. The van der Waals surface area contributed by atoms with Gasteiger partial charge in [0.05, 0.1) is 52.9 Å². The SMILES string of the molecule is O=C1OCCOCCOCCOC(=O)C(=O)OCCOCCOCCOC1=O.[Cl][Sn][Cl].[Cl][Sn][Cl].[Cl][Ti][Cl].[Cl][Ti][Cl]. The Morgan fingerprint density at radius 1 is 0.400 bits per heavy atom. The maximum atomic E-state index is 11.4. The van der Waals surface area contributed by atoms with Gasteiger partial charge >= 0.3 is 169 Å². The minimum absolute atomic E-state index is 0.0618. The molecule has 0 aromatic heterocycles. The number of cyclic esters (lactones) is 4. The molecule has 1 saturated heterocycles. The fourth-order valence-corrected chi connectivity index (χ4v) is 1.65. The van der Waals surface area contributed by atoms with Crippen molar-refractivity contribution in [3.8, 4) is 0 Å². The molecule has 0 aromatic carbocycles. The minimum atomic E-state index is -1.12. The summed E-state index contributed by atoms with van der Waals surface area (Å²) in [7, 11) is 39.3. The van der Waals surface area contributed by atoms with E-state index in [4.69, 9.17) is 91.9 Å². The van der Waals surface area contributed by atoms with Gasteiger partial charge in [-0.25, -0.2) is 19.2 Å². The zero-order valence-electron chi connectivity index (χ0n) is 20.4. The van der Waals surface area contributed by atoms with E-state index in [0.29, 0.717) is 0 Å². The van der Waals surface area contributed by atoms with Crippen molar-refractivity contribution < 1.29 is 91.1 Å². The Bertz CT molecular complexity index is 502. The number of esters is 4. The first-order valence-electron chi connectivity index (χ1n) is 10.1. The molecule has 4 radical (unpaired) electrons. The van der Waals surface area contributed by atoms with E-state index in [0.717, 1.165) is 0 Å². The van der Waals surface area contributed by atoms with Crippen molar-refractivity contribution in [3.05, 3.63) is 0 Å². The third kappa shape index (κ3) is 48.0. The van der Waals surface area contributed by atoms with Gasteiger partial charge < -0.3 is 37.9 Å². The van der Waals surface area contributed by atoms with Gasteiger partial charge in [-0.3, -0.25) is 0 Å². The molecule has 1 aliphatic rings. The van der Waals surface area contributed by atoms with Gasteiger partial charge in [0.25, 0.3) is 0 Å². The summed E-state index contributed by atoms with van der Waals surface area (Å²) in [6.45, 7) is 0.512. The Hall–Kier alpha value is 3.07. The van der Waals surface area contributed by atoms with Crippen molar-refractivity contribution in [2.45, 2.75) is 0 Å². The van der Waals surface area contributed by atoms with Crippen molar-refractivity contribution in [2.24, 2.45) is 0 Å². The van der Waals surface area contributed by atoms with E-state index in [1.54, 1.807) is 0 Å². The van der Waals surface area contributed by atoms with Gasteiger partial charge in [0.15, 0.2) is 0 Å². The molecule has 40 heavy (non-hydrogen) atoms. The van der Waals surface area contributed by atoms with Crippen molar-refractivity contribution in [1.82, 2.24) is 0 Å². The normalized spacial score (nSPS) is 16.6. The second-order valence-corrected chi connectivity index (χ2v) is 18.9. The van der Waals surface area contributed by atoms with Crippen LogP contribution in [0.5, 0.6) is 0 Å². The molecule has 0 amide bonds. The van der Waals surface area contributed by atoms with Crippen LogP contribution in [0.15, 0.2) is 0 Å². The molecule has 0 aliphatic carbocycles. The quantitative estimate of drug-likeness (QED) is 0.153. The monoisotopic (exact) mass is 1020 g/mol. The van der Waals surface area contributed by atoms with Crippen LogP contribution >= 0.6 is 72.9 Å². The van der Waals surface area contributed by atoms with Gasteiger partial charge in [-0.15, -0.1) is 0 Å². The Labute approximate surface area is 300 Å². The van der Waals surface area contributed by atoms with E-state index in [-0.39, 0.29) is 79.3 Å². The molecule has 0 spiro atoms. The predicted molar refractivity (Wildman–Crippen MR) is 145 cm³/mol. The molecule has 1 rings (SSSR count). The van der Waals surface area contributed by atoms with Crippen LogP contribution in [-0.2, 0) is 91.1 Å². The van der Waals surface area contributed by atoms with Gasteiger partial charge in [0, 0.05) is 0 Å². The van der Waals surface area contributed by atoms with Gasteiger partial charge in [-0.2, -0.15) is 0 Å². The average Bonchev–Trinajstić information content (AvgIpc) is 2.91. The average molecular weight is 1030 g/mol. The van der Waals surface area contributed by atoms with Crippen molar-refractivity contribution >= 4 is 135 Å². The van der Waals surface area contributed by atoms with Crippen LogP contribution in [0.3, 0.4) is 0 Å². The molecule has 0 aromatic rings. The predicted octanol–water partition coefficient (Wildman–Crippen LogP) is 2.99. The third-order valence-electron chi connectivity index (χ3n) is 2.92. The van der Waals surface area contributed by atoms with Crippen LogP contribution < -0.4 is 0 Å². The molecular formula is C16H24Cl8O12Sn2Ti2. The molecule has 24 heteroatoms. The first-order valence-corrected chi connectivity index (χ1v) is 33.2. The van der Waals surface area contributed by atoms with E-state index < -0.39 is 95.7 Å². The Morgan fingerprint density at radius 3 is 0.675 bits per heavy atom. The van der Waals surface area contributed by atoms with Gasteiger partial charge in [-0.05, 0) is 0 Å². The van der Waals surface area contributed by atoms with E-state index in [1.165, 1.54) is 0 Å². The number of hydrogen-bond donors (Lipinski definition) is 0. The maximum absolute atomic E-state index is 11.4. The number of rotatable bonds is 0. The molecule has 1 aliphatic heterocycles. The van der Waals surface area contributed by atoms with Gasteiger partial charge in [-0.1, -0.05) is 0 Å². The Balaban J connectivity index is -0.000000459. The first kappa shape index (κ1) is 49.9. The van der Waals surface area contributed by atoms with Crippen molar-refractivity contribution in [3.63, 3.8) is 0 Å². The van der Waals surface area contributed by atoms with E-state index in [2.05, 4.69) is 18.9 Å². The molecule has 1 heterocycles. The summed E-state index contributed by atoms with van der Waals surface area (Å²) in [6.07, 6.45) is 0. The molecule has 0 bridgehead atoms. The number of hydrogen-bond acceptors (Lipinski definition) is 12. The Kier molecular flexibility index (Phi) is 58.0. The molecule has 232 valence electrons. The summed E-state index contributed by atoms with van der Waals surface area (Å²) in [5.41, 5.74) is 0. The van der Waals surface area contributed by atoms with E-state index >= 15 is 0 Å². The van der Waals surface area contributed by atoms with Crippen LogP contribution in [0.25, 0.3) is 0 Å². The zero-order valence-corrected chi connectivity index (χ0v) is 35.3. The van der Waals surface area contributed by atoms with Gasteiger partial charge in [0.1, 0.15) is 26.4 Å². The van der Waals surface area contributed by atoms with Crippen LogP contribution in [0.1, 0.15) is 0 Å². The van der Waals surface area contributed by atoms with E-state index in [9.17, 15) is 19.2 Å².